The molecule has 128 valence electrons. The monoisotopic (exact) mass is 390 g/mol. The van der Waals surface area contributed by atoms with E-state index in [4.69, 9.17) is 5.73 Å². The lowest BCUT2D eigenvalue weighted by Gasteiger charge is -2.48. The third-order valence-corrected chi connectivity index (χ3v) is 6.88. The summed E-state index contributed by atoms with van der Waals surface area (Å²) in [5.41, 5.74) is 9.28. The molecule has 2 aliphatic rings. The normalized spacial score (nSPS) is 22.7. The van der Waals surface area contributed by atoms with Crippen molar-refractivity contribution in [2.45, 2.75) is 11.4 Å². The van der Waals surface area contributed by atoms with Crippen molar-refractivity contribution in [2.75, 3.05) is 5.75 Å². The summed E-state index contributed by atoms with van der Waals surface area (Å²) in [5, 5.41) is 1.52. The molecule has 0 radical (unpaired) electrons. The van der Waals surface area contributed by atoms with Crippen LogP contribution in [0.25, 0.3) is 16.7 Å². The van der Waals surface area contributed by atoms with E-state index in [1.165, 1.54) is 4.90 Å². The molecule has 0 saturated carbocycles. The fraction of sp³-hybridized carbons (Fsp3) is 0.235. The molecular formula is C17H16N3O2S3+. The predicted octanol–water partition coefficient (Wildman–Crippen LogP) is 1.65. The van der Waals surface area contributed by atoms with Gasteiger partial charge in [-0.25, -0.2) is 4.57 Å². The molecular weight excluding hydrogens is 374 g/mol. The highest BCUT2D eigenvalue weighted by Gasteiger charge is 2.51. The van der Waals surface area contributed by atoms with Gasteiger partial charge in [0.25, 0.3) is 0 Å². The molecule has 1 amide bonds. The van der Waals surface area contributed by atoms with Crippen LogP contribution in [0.5, 0.6) is 0 Å². The number of nitrogens with two attached hydrogens (primary N) is 1. The van der Waals surface area contributed by atoms with Gasteiger partial charge in [-0.3, -0.25) is 14.5 Å². The van der Waals surface area contributed by atoms with Gasteiger partial charge in [0.15, 0.2) is 12.4 Å². The number of nitrogens with zero attached hydrogens (tertiary/aromatic N) is 2. The number of β-lactam (4-membered cyclic amide) rings is 1. The quantitative estimate of drug-likeness (QED) is 0.475. The van der Waals surface area contributed by atoms with E-state index in [1.807, 2.05) is 23.9 Å². The second-order valence-electron chi connectivity index (χ2n) is 6.03. The van der Waals surface area contributed by atoms with Crippen LogP contribution in [0, 0.1) is 0 Å². The maximum atomic E-state index is 12.1. The fourth-order valence-corrected chi connectivity index (χ4v) is 5.72. The molecule has 2 aromatic heterocycles. The molecule has 0 aliphatic carbocycles. The largest absolute Gasteiger partial charge is 0.317 e. The Balaban J connectivity index is 1.76. The van der Waals surface area contributed by atoms with Gasteiger partial charge in [0.2, 0.25) is 11.0 Å². The van der Waals surface area contributed by atoms with Crippen LogP contribution in [0.4, 0.5) is 0 Å². The lowest BCUT2D eigenvalue weighted by Crippen LogP contribution is -2.68. The lowest BCUT2D eigenvalue weighted by molar-refractivity contribution is -0.671. The van der Waals surface area contributed by atoms with E-state index in [1.54, 1.807) is 23.1 Å². The summed E-state index contributed by atoms with van der Waals surface area (Å²) in [6.45, 7) is 0. The zero-order valence-electron chi connectivity index (χ0n) is 13.4. The molecule has 0 unspecified atom stereocenters. The first-order chi connectivity index (χ1) is 12.0. The molecule has 2 aliphatic heterocycles. The van der Waals surface area contributed by atoms with Crippen molar-refractivity contribution in [2.24, 2.45) is 12.8 Å². The molecule has 4 rings (SSSR count). The topological polar surface area (TPSA) is 67.3 Å². The summed E-state index contributed by atoms with van der Waals surface area (Å²) in [6, 6.07) is 5.58. The number of thiophene rings is 1. The van der Waals surface area contributed by atoms with Crippen molar-refractivity contribution in [1.29, 1.82) is 0 Å². The number of amides is 1. The van der Waals surface area contributed by atoms with Crippen molar-refractivity contribution in [3.63, 3.8) is 0 Å². The van der Waals surface area contributed by atoms with Gasteiger partial charge >= 0.3 is 0 Å². The van der Waals surface area contributed by atoms with Crippen molar-refractivity contribution >= 4 is 52.3 Å². The van der Waals surface area contributed by atoms with Gasteiger partial charge in [-0.05, 0) is 23.1 Å². The number of aromatic nitrogens is 1. The molecule has 2 N–H and O–H groups in total. The second kappa shape index (κ2) is 6.28. The summed E-state index contributed by atoms with van der Waals surface area (Å²) in [6.07, 6.45) is 4.03. The number of thioether (sulfide) groups is 1. The van der Waals surface area contributed by atoms with E-state index in [2.05, 4.69) is 36.3 Å². The SMILES string of the molecule is C[n+]1cccc(-c2csc(C3=C(C(=O)S)N4C(=O)[C@@H](N)[C@H]4SC3)c2)c1. The van der Waals surface area contributed by atoms with E-state index in [0.717, 1.165) is 21.6 Å². The van der Waals surface area contributed by atoms with Gasteiger partial charge in [0.05, 0.1) is 0 Å². The van der Waals surface area contributed by atoms with E-state index in [0.29, 0.717) is 11.4 Å². The number of hydrogen-bond donors (Lipinski definition) is 2. The van der Waals surface area contributed by atoms with Crippen LogP contribution in [0.3, 0.4) is 0 Å². The maximum Gasteiger partial charge on any atom is 0.248 e. The number of pyridine rings is 1. The van der Waals surface area contributed by atoms with Crippen LogP contribution in [-0.2, 0) is 16.6 Å². The second-order valence-corrected chi connectivity index (χ2v) is 8.45. The van der Waals surface area contributed by atoms with Gasteiger partial charge in [0.1, 0.15) is 24.2 Å². The first-order valence-electron chi connectivity index (χ1n) is 7.68. The summed E-state index contributed by atoms with van der Waals surface area (Å²) < 4.78 is 2.00. The van der Waals surface area contributed by atoms with E-state index in [-0.39, 0.29) is 16.4 Å². The van der Waals surface area contributed by atoms with Gasteiger partial charge in [-0.2, -0.15) is 0 Å². The Morgan fingerprint density at radius 1 is 1.44 bits per heavy atom. The highest BCUT2D eigenvalue weighted by Crippen LogP contribution is 2.44. The first kappa shape index (κ1) is 16.8. The van der Waals surface area contributed by atoms with Gasteiger partial charge in [0, 0.05) is 27.8 Å². The highest BCUT2D eigenvalue weighted by atomic mass is 32.2. The minimum absolute atomic E-state index is 0.157. The van der Waals surface area contributed by atoms with E-state index < -0.39 is 6.04 Å². The average molecular weight is 391 g/mol. The molecule has 1 fully saturated rings. The number of aryl methyl sites for hydroxylation is 1. The van der Waals surface area contributed by atoms with Crippen LogP contribution < -0.4 is 10.3 Å². The van der Waals surface area contributed by atoms with Crippen molar-refractivity contribution < 1.29 is 14.2 Å². The zero-order chi connectivity index (χ0) is 17.7. The van der Waals surface area contributed by atoms with Crippen molar-refractivity contribution in [1.82, 2.24) is 4.90 Å². The summed E-state index contributed by atoms with van der Waals surface area (Å²) in [4.78, 5) is 26.7. The molecule has 25 heavy (non-hydrogen) atoms. The number of carbonyl (C=O) groups is 2. The molecule has 0 spiro atoms. The predicted molar refractivity (Wildman–Crippen MR) is 103 cm³/mol. The Bertz CT molecular complexity index is 921. The summed E-state index contributed by atoms with van der Waals surface area (Å²) in [7, 11) is 1.98. The smallest absolute Gasteiger partial charge is 0.248 e. The van der Waals surface area contributed by atoms with E-state index >= 15 is 0 Å². The molecule has 2 atom stereocenters. The van der Waals surface area contributed by atoms with Crippen LogP contribution >= 0.6 is 35.7 Å². The number of thiol groups is 1. The molecule has 0 aromatic carbocycles. The number of hydrogen-bond acceptors (Lipinski definition) is 5. The van der Waals surface area contributed by atoms with Crippen LogP contribution in [-0.4, -0.2) is 33.1 Å². The fourth-order valence-electron chi connectivity index (χ4n) is 3.11. The van der Waals surface area contributed by atoms with E-state index in [9.17, 15) is 9.59 Å². The molecule has 5 nitrogen and oxygen atoms in total. The third kappa shape index (κ3) is 2.73. The minimum Gasteiger partial charge on any atom is -0.317 e. The van der Waals surface area contributed by atoms with Crippen LogP contribution in [0.2, 0.25) is 0 Å². The molecule has 8 heteroatoms. The lowest BCUT2D eigenvalue weighted by atomic mass is 10.0. The van der Waals surface area contributed by atoms with Crippen molar-refractivity contribution in [3.05, 3.63) is 46.5 Å². The molecule has 4 heterocycles. The molecule has 0 bridgehead atoms. The van der Waals surface area contributed by atoms with Gasteiger partial charge < -0.3 is 5.73 Å². The Hall–Kier alpha value is -1.61. The third-order valence-electron chi connectivity index (χ3n) is 4.38. The Morgan fingerprint density at radius 2 is 2.24 bits per heavy atom. The molecule has 1 saturated heterocycles. The minimum atomic E-state index is -0.530. The van der Waals surface area contributed by atoms with Crippen molar-refractivity contribution in [3.8, 4) is 11.1 Å². The van der Waals surface area contributed by atoms with Crippen LogP contribution in [0.15, 0.2) is 41.7 Å². The average Bonchev–Trinajstić information content (AvgIpc) is 3.09. The van der Waals surface area contributed by atoms with Gasteiger partial charge in [-0.1, -0.05) is 12.6 Å². The number of carbonyl (C=O) groups excluding carboxylic acids is 2. The standard InChI is InChI=1S/C17H15N3O2S3/c1-19-4-2-3-9(6-19)10-5-12(24-7-10)11-8-25-16-13(18)15(21)20(16)14(11)17(22)23/h2-7,13,16H,8,18H2,1H3/p+1/t13-,16-/m1/s1. The zero-order valence-corrected chi connectivity index (χ0v) is 15.9. The van der Waals surface area contributed by atoms with Gasteiger partial charge in [-0.15, -0.1) is 23.1 Å². The maximum absolute atomic E-state index is 12.1. The Kier molecular flexibility index (Phi) is 4.23. The Labute approximate surface area is 158 Å². The first-order valence-corrected chi connectivity index (χ1v) is 10.1. The molecule has 2 aromatic rings. The summed E-state index contributed by atoms with van der Waals surface area (Å²) in [5.74, 6) is 0.436. The highest BCUT2D eigenvalue weighted by molar-refractivity contribution is 8.00. The van der Waals surface area contributed by atoms with Crippen LogP contribution in [0.1, 0.15) is 4.88 Å². The number of fused-ring (bicyclic) bond motifs is 1. The number of rotatable bonds is 3. The Morgan fingerprint density at radius 3 is 2.96 bits per heavy atom. The summed E-state index contributed by atoms with van der Waals surface area (Å²) >= 11 is 7.17.